The Morgan fingerprint density at radius 1 is 1.18 bits per heavy atom. The second kappa shape index (κ2) is 4.59. The van der Waals surface area contributed by atoms with Gasteiger partial charge in [-0.25, -0.2) is 9.59 Å². The van der Waals surface area contributed by atoms with Crippen molar-refractivity contribution in [2.75, 3.05) is 19.8 Å². The first-order valence-electron chi connectivity index (χ1n) is 5.34. The van der Waals surface area contributed by atoms with Gasteiger partial charge < -0.3 is 24.4 Å². The molecule has 0 aromatic carbocycles. The fourth-order valence-corrected chi connectivity index (χ4v) is 1.74. The normalized spacial score (nSPS) is 29.4. The highest BCUT2D eigenvalue weighted by Crippen LogP contribution is 2.34. The van der Waals surface area contributed by atoms with E-state index < -0.39 is 24.1 Å². The smallest absolute Gasteiger partial charge is 0.336 e. The van der Waals surface area contributed by atoms with E-state index in [2.05, 4.69) is 0 Å². The second-order valence-electron chi connectivity index (χ2n) is 4.30. The van der Waals surface area contributed by atoms with Gasteiger partial charge in [-0.1, -0.05) is 0 Å². The molecule has 0 spiro atoms. The summed E-state index contributed by atoms with van der Waals surface area (Å²) in [6.45, 7) is 0.361. The summed E-state index contributed by atoms with van der Waals surface area (Å²) in [5.74, 6) is -2.35. The van der Waals surface area contributed by atoms with Crippen molar-refractivity contribution in [3.8, 4) is 0 Å². The minimum atomic E-state index is -1.51. The lowest BCUT2D eigenvalue weighted by Crippen LogP contribution is -2.45. The van der Waals surface area contributed by atoms with E-state index in [1.54, 1.807) is 0 Å². The lowest BCUT2D eigenvalue weighted by Gasteiger charge is -2.27. The van der Waals surface area contributed by atoms with Gasteiger partial charge >= 0.3 is 11.9 Å². The van der Waals surface area contributed by atoms with Crippen LogP contribution in [0.1, 0.15) is 12.8 Å². The zero-order chi connectivity index (χ0) is 12.5. The molecule has 0 saturated carbocycles. The monoisotopic (exact) mass is 246 g/mol. The summed E-state index contributed by atoms with van der Waals surface area (Å²) in [5, 5.41) is 17.8. The molecule has 2 unspecified atom stereocenters. The van der Waals surface area contributed by atoms with E-state index in [0.717, 1.165) is 0 Å². The molecule has 0 aliphatic carbocycles. The van der Waals surface area contributed by atoms with E-state index in [9.17, 15) is 14.7 Å². The largest absolute Gasteiger partial charge is 0.480 e. The minimum Gasteiger partial charge on any atom is -0.480 e. The average molecular weight is 246 g/mol. The van der Waals surface area contributed by atoms with Crippen LogP contribution in [-0.2, 0) is 23.8 Å². The third kappa shape index (κ3) is 3.39. The molecule has 2 fully saturated rings. The van der Waals surface area contributed by atoms with Crippen LogP contribution in [0.4, 0.5) is 0 Å². The number of rotatable bonds is 8. The first-order valence-corrected chi connectivity index (χ1v) is 5.34. The fraction of sp³-hybridized carbons (Fsp3) is 0.800. The molecule has 0 aromatic rings. The van der Waals surface area contributed by atoms with Gasteiger partial charge in [0.1, 0.15) is 6.61 Å². The summed E-state index contributed by atoms with van der Waals surface area (Å²) >= 11 is 0. The Bertz CT molecular complexity index is 305. The van der Waals surface area contributed by atoms with Crippen molar-refractivity contribution in [2.45, 2.75) is 30.7 Å². The number of carboxylic acids is 2. The molecule has 96 valence electrons. The Kier molecular flexibility index (Phi) is 3.32. The predicted octanol–water partition coefficient (Wildman–Crippen LogP) is -0.511. The molecule has 2 rings (SSSR count). The third-order valence-corrected chi connectivity index (χ3v) is 2.78. The van der Waals surface area contributed by atoms with Crippen LogP contribution >= 0.6 is 0 Å². The molecule has 2 heterocycles. The molecule has 2 aliphatic rings. The first kappa shape index (κ1) is 12.3. The maximum absolute atomic E-state index is 11.3. The average Bonchev–Trinajstić information content (AvgIpc) is 3.09. The van der Waals surface area contributed by atoms with Crippen molar-refractivity contribution < 1.29 is 34.0 Å². The van der Waals surface area contributed by atoms with Crippen molar-refractivity contribution >= 4 is 11.9 Å². The summed E-state index contributed by atoms with van der Waals surface area (Å²) in [4.78, 5) is 21.8. The van der Waals surface area contributed by atoms with Crippen molar-refractivity contribution in [3.63, 3.8) is 0 Å². The molecule has 2 N–H and O–H groups in total. The zero-order valence-electron chi connectivity index (χ0n) is 9.13. The number of hydrogen-bond donors (Lipinski definition) is 2. The van der Waals surface area contributed by atoms with Crippen LogP contribution in [0, 0.1) is 0 Å². The Hall–Kier alpha value is -1.18. The van der Waals surface area contributed by atoms with E-state index in [-0.39, 0.29) is 25.0 Å². The Morgan fingerprint density at radius 2 is 1.65 bits per heavy atom. The van der Waals surface area contributed by atoms with Gasteiger partial charge in [-0.3, -0.25) is 0 Å². The van der Waals surface area contributed by atoms with Crippen LogP contribution in [0.2, 0.25) is 0 Å². The van der Waals surface area contributed by atoms with Gasteiger partial charge in [0.2, 0.25) is 0 Å². The van der Waals surface area contributed by atoms with Gasteiger partial charge in [0.05, 0.1) is 25.4 Å². The molecule has 7 heteroatoms. The summed E-state index contributed by atoms with van der Waals surface area (Å²) in [5.41, 5.74) is -1.51. The molecule has 0 amide bonds. The van der Waals surface area contributed by atoms with E-state index in [1.807, 2.05) is 0 Å². The molecular weight excluding hydrogens is 232 g/mol. The van der Waals surface area contributed by atoms with Gasteiger partial charge in [-0.05, 0) is 0 Å². The highest BCUT2D eigenvalue weighted by atomic mass is 16.6. The van der Waals surface area contributed by atoms with E-state index in [0.29, 0.717) is 13.2 Å². The number of aliphatic carboxylic acids is 2. The molecular formula is C10H14O7. The Labute approximate surface area is 97.3 Å². The molecule has 2 saturated heterocycles. The molecule has 17 heavy (non-hydrogen) atoms. The number of carbonyl (C=O) groups is 2. The van der Waals surface area contributed by atoms with Crippen molar-refractivity contribution in [1.82, 2.24) is 0 Å². The maximum Gasteiger partial charge on any atom is 0.336 e. The summed E-state index contributed by atoms with van der Waals surface area (Å²) in [7, 11) is 0. The predicted molar refractivity (Wildman–Crippen MR) is 52.7 cm³/mol. The van der Waals surface area contributed by atoms with Gasteiger partial charge in [-0.15, -0.1) is 0 Å². The molecule has 0 bridgehead atoms. The highest BCUT2D eigenvalue weighted by Gasteiger charge is 2.49. The Balaban J connectivity index is 2.03. The molecule has 7 nitrogen and oxygen atoms in total. The van der Waals surface area contributed by atoms with Crippen LogP contribution in [0.5, 0.6) is 0 Å². The van der Waals surface area contributed by atoms with E-state index >= 15 is 0 Å². The number of epoxide rings is 2. The first-order chi connectivity index (χ1) is 8.02. The van der Waals surface area contributed by atoms with Crippen LogP contribution in [-0.4, -0.2) is 59.8 Å². The fourth-order valence-electron chi connectivity index (χ4n) is 1.74. The molecule has 2 atom stereocenters. The topological polar surface area (TPSA) is 109 Å². The number of ether oxygens (including phenoxy) is 3. The van der Waals surface area contributed by atoms with Crippen molar-refractivity contribution in [1.29, 1.82) is 0 Å². The quantitative estimate of drug-likeness (QED) is 0.555. The van der Waals surface area contributed by atoms with E-state index in [1.165, 1.54) is 0 Å². The molecule has 0 radical (unpaired) electrons. The molecule has 2 aliphatic heterocycles. The Morgan fingerprint density at radius 3 is 1.94 bits per heavy atom. The van der Waals surface area contributed by atoms with Crippen LogP contribution in [0.25, 0.3) is 0 Å². The highest BCUT2D eigenvalue weighted by molar-refractivity contribution is 5.78. The minimum absolute atomic E-state index is 0.154. The van der Waals surface area contributed by atoms with Gasteiger partial charge in [0.25, 0.3) is 0 Å². The number of carboxylic acid groups (broad SMARTS) is 2. The lowest BCUT2D eigenvalue weighted by molar-refractivity contribution is -0.175. The van der Waals surface area contributed by atoms with Gasteiger partial charge in [0.15, 0.2) is 5.60 Å². The SMILES string of the molecule is O=C(O)COC(CC1CO1)(CC1CO1)C(=O)O. The van der Waals surface area contributed by atoms with E-state index in [4.69, 9.17) is 19.3 Å². The summed E-state index contributed by atoms with van der Waals surface area (Å²) in [6, 6.07) is 0. The maximum atomic E-state index is 11.3. The van der Waals surface area contributed by atoms with Crippen LogP contribution in [0.3, 0.4) is 0 Å². The van der Waals surface area contributed by atoms with Crippen LogP contribution < -0.4 is 0 Å². The van der Waals surface area contributed by atoms with Crippen molar-refractivity contribution in [2.24, 2.45) is 0 Å². The summed E-state index contributed by atoms with van der Waals surface area (Å²) in [6.07, 6.45) is 0.0163. The van der Waals surface area contributed by atoms with Gasteiger partial charge in [0, 0.05) is 12.8 Å². The lowest BCUT2D eigenvalue weighted by atomic mass is 9.92. The van der Waals surface area contributed by atoms with Crippen LogP contribution in [0.15, 0.2) is 0 Å². The third-order valence-electron chi connectivity index (χ3n) is 2.78. The number of hydrogen-bond acceptors (Lipinski definition) is 5. The van der Waals surface area contributed by atoms with Gasteiger partial charge in [-0.2, -0.15) is 0 Å². The molecule has 0 aromatic heterocycles. The van der Waals surface area contributed by atoms with Crippen molar-refractivity contribution in [3.05, 3.63) is 0 Å². The zero-order valence-corrected chi connectivity index (χ0v) is 9.13. The summed E-state index contributed by atoms with van der Waals surface area (Å²) < 4.78 is 15.1. The standard InChI is InChI=1S/C10H14O7/c11-8(12)5-17-10(9(13)14,1-6-3-15-6)2-7-4-16-7/h6-7H,1-5H2,(H,11,12)(H,13,14). The second-order valence-corrected chi connectivity index (χ2v) is 4.30.